The molecule has 6 heterocycles. The third-order valence-electron chi connectivity index (χ3n) is 8.58. The lowest BCUT2D eigenvalue weighted by molar-refractivity contribution is 0.415. The van der Waals surface area contributed by atoms with Crippen molar-refractivity contribution in [2.75, 3.05) is 12.4 Å². The lowest BCUT2D eigenvalue weighted by Gasteiger charge is -2.13. The normalized spacial score (nSPS) is 14.0. The zero-order chi connectivity index (χ0) is 32.6. The Bertz CT molecular complexity index is 2230. The van der Waals surface area contributed by atoms with Crippen molar-refractivity contribution in [1.82, 2.24) is 30.2 Å². The SMILES string of the molecule is COc1ccc(CNc2nc(-c3ccno3)nc3sc4c(c23)CCCC4)cc1Cl.Clc1nc(-c2ccno2)nc2sc3c(c12)CCCC3. The Morgan fingerprint density at radius 3 is 1.96 bits per heavy atom. The highest BCUT2D eigenvalue weighted by molar-refractivity contribution is 7.19. The van der Waals surface area contributed by atoms with Crippen LogP contribution in [0.1, 0.15) is 52.1 Å². The average Bonchev–Trinajstić information content (AvgIpc) is 3.93. The van der Waals surface area contributed by atoms with Crippen molar-refractivity contribution in [1.29, 1.82) is 0 Å². The summed E-state index contributed by atoms with van der Waals surface area (Å²) in [5.74, 6) is 3.66. The molecule has 10 nitrogen and oxygen atoms in total. The molecular formula is C34H29Cl2N7O3S2. The number of hydrogen-bond donors (Lipinski definition) is 1. The maximum Gasteiger partial charge on any atom is 0.204 e. The van der Waals surface area contributed by atoms with Gasteiger partial charge in [-0.2, -0.15) is 0 Å². The first-order valence-electron chi connectivity index (χ1n) is 15.7. The Balaban J connectivity index is 0.000000153. The van der Waals surface area contributed by atoms with E-state index in [4.69, 9.17) is 47.0 Å². The minimum absolute atomic E-state index is 0.508. The molecule has 48 heavy (non-hydrogen) atoms. The van der Waals surface area contributed by atoms with Crippen molar-refractivity contribution in [3.05, 3.63) is 79.3 Å². The fourth-order valence-corrected chi connectivity index (χ4v) is 9.43. The van der Waals surface area contributed by atoms with Crippen LogP contribution in [0, 0.1) is 0 Å². The van der Waals surface area contributed by atoms with Crippen LogP contribution in [0.3, 0.4) is 0 Å². The first kappa shape index (κ1) is 31.2. The van der Waals surface area contributed by atoms with Crippen molar-refractivity contribution >= 4 is 72.1 Å². The average molecular weight is 719 g/mol. The first-order chi connectivity index (χ1) is 23.6. The van der Waals surface area contributed by atoms with Crippen LogP contribution in [0.25, 0.3) is 43.6 Å². The highest BCUT2D eigenvalue weighted by Gasteiger charge is 2.23. The summed E-state index contributed by atoms with van der Waals surface area (Å²) in [6.07, 6.45) is 12.5. The van der Waals surface area contributed by atoms with Gasteiger partial charge in [-0.25, -0.2) is 19.9 Å². The molecule has 244 valence electrons. The van der Waals surface area contributed by atoms with Crippen molar-refractivity contribution < 1.29 is 13.8 Å². The Labute approximate surface area is 293 Å². The second kappa shape index (κ2) is 13.4. The van der Waals surface area contributed by atoms with Gasteiger partial charge in [-0.3, -0.25) is 0 Å². The monoisotopic (exact) mass is 717 g/mol. The van der Waals surface area contributed by atoms with Gasteiger partial charge in [0, 0.05) is 28.4 Å². The zero-order valence-electron chi connectivity index (χ0n) is 25.9. The molecule has 14 heteroatoms. The van der Waals surface area contributed by atoms with E-state index >= 15 is 0 Å². The third-order valence-corrected chi connectivity index (χ3v) is 11.5. The summed E-state index contributed by atoms with van der Waals surface area (Å²) in [5.41, 5.74) is 3.78. The van der Waals surface area contributed by atoms with Crippen LogP contribution in [0.2, 0.25) is 10.2 Å². The minimum Gasteiger partial charge on any atom is -0.495 e. The molecule has 1 aromatic carbocycles. The summed E-state index contributed by atoms with van der Waals surface area (Å²) in [6.45, 7) is 0.594. The van der Waals surface area contributed by atoms with Crippen LogP contribution in [0.4, 0.5) is 5.82 Å². The molecule has 1 N–H and O–H groups in total. The van der Waals surface area contributed by atoms with E-state index in [1.807, 2.05) is 18.2 Å². The molecule has 0 amide bonds. The van der Waals surface area contributed by atoms with Crippen molar-refractivity contribution in [2.45, 2.75) is 57.9 Å². The lowest BCUT2D eigenvalue weighted by Crippen LogP contribution is -2.05. The van der Waals surface area contributed by atoms with Gasteiger partial charge in [0.15, 0.2) is 0 Å². The number of aromatic nitrogens is 6. The number of aryl methyl sites for hydroxylation is 4. The summed E-state index contributed by atoms with van der Waals surface area (Å²) in [7, 11) is 1.61. The summed E-state index contributed by atoms with van der Waals surface area (Å²) in [6, 6.07) is 9.30. The minimum atomic E-state index is 0.508. The molecule has 2 aliphatic carbocycles. The number of nitrogens with zero attached hydrogens (tertiary/aromatic N) is 6. The summed E-state index contributed by atoms with van der Waals surface area (Å²) in [5, 5.41) is 14.3. The summed E-state index contributed by atoms with van der Waals surface area (Å²) in [4.78, 5) is 23.3. The summed E-state index contributed by atoms with van der Waals surface area (Å²) >= 11 is 16.1. The van der Waals surface area contributed by atoms with E-state index in [1.54, 1.807) is 54.3 Å². The highest BCUT2D eigenvalue weighted by Crippen LogP contribution is 2.41. The van der Waals surface area contributed by atoms with Gasteiger partial charge in [0.25, 0.3) is 0 Å². The topological polar surface area (TPSA) is 125 Å². The zero-order valence-corrected chi connectivity index (χ0v) is 29.0. The van der Waals surface area contributed by atoms with Crippen LogP contribution in [0.5, 0.6) is 5.75 Å². The van der Waals surface area contributed by atoms with Crippen molar-refractivity contribution in [3.8, 4) is 28.9 Å². The van der Waals surface area contributed by atoms with Crippen molar-refractivity contribution in [2.24, 2.45) is 0 Å². The van der Waals surface area contributed by atoms with E-state index in [0.717, 1.165) is 57.5 Å². The largest absolute Gasteiger partial charge is 0.495 e. The number of nitrogens with one attached hydrogen (secondary N) is 1. The Hall–Kier alpha value is -4.10. The fourth-order valence-electron chi connectivity index (χ4n) is 6.29. The van der Waals surface area contributed by atoms with Gasteiger partial charge in [-0.1, -0.05) is 39.6 Å². The maximum atomic E-state index is 6.35. The Morgan fingerprint density at radius 1 is 0.750 bits per heavy atom. The van der Waals surface area contributed by atoms with E-state index in [0.29, 0.717) is 45.6 Å². The lowest BCUT2D eigenvalue weighted by atomic mass is 9.97. The van der Waals surface area contributed by atoms with E-state index in [1.165, 1.54) is 46.6 Å². The Kier molecular flexibility index (Phi) is 8.72. The molecule has 2 aliphatic rings. The molecule has 0 spiro atoms. The molecule has 0 saturated carbocycles. The fraction of sp³-hybridized carbons (Fsp3) is 0.294. The van der Waals surface area contributed by atoms with E-state index < -0.39 is 0 Å². The standard InChI is InChI=1S/C21H19ClN4O2S.C13H10ClN3OS/c1-27-15-7-6-12(10-14(15)22)11-23-20-18-13-4-2-3-5-17(13)29-21(18)26-19(25-20)16-8-9-24-28-16;14-11-10-7-3-1-2-4-9(7)19-13(10)17-12(16-11)8-5-6-15-18-8/h6-10H,2-5,11H2,1H3,(H,23,25,26);5-6H,1-4H2. The number of anilines is 1. The van der Waals surface area contributed by atoms with Crippen LogP contribution in [-0.4, -0.2) is 37.4 Å². The van der Waals surface area contributed by atoms with E-state index in [-0.39, 0.29) is 0 Å². The third kappa shape index (κ3) is 6.02. The molecule has 0 bridgehead atoms. The smallest absolute Gasteiger partial charge is 0.204 e. The molecule has 0 radical (unpaired) electrons. The number of thiophene rings is 2. The number of methoxy groups -OCH3 is 1. The molecule has 7 aromatic rings. The molecule has 0 fully saturated rings. The quantitative estimate of drug-likeness (QED) is 0.166. The van der Waals surface area contributed by atoms with Gasteiger partial charge >= 0.3 is 0 Å². The van der Waals surface area contributed by atoms with Crippen molar-refractivity contribution in [3.63, 3.8) is 0 Å². The number of benzene rings is 1. The maximum absolute atomic E-state index is 6.35. The van der Waals surface area contributed by atoms with Gasteiger partial charge < -0.3 is 19.1 Å². The van der Waals surface area contributed by atoms with E-state index in [9.17, 15) is 0 Å². The van der Waals surface area contributed by atoms with Gasteiger partial charge in [-0.15, -0.1) is 22.7 Å². The second-order valence-electron chi connectivity index (χ2n) is 11.6. The molecule has 0 atom stereocenters. The highest BCUT2D eigenvalue weighted by atomic mass is 35.5. The van der Waals surface area contributed by atoms with Gasteiger partial charge in [0.2, 0.25) is 23.2 Å². The van der Waals surface area contributed by atoms with Crippen LogP contribution in [-0.2, 0) is 32.2 Å². The van der Waals surface area contributed by atoms with Crippen LogP contribution >= 0.6 is 45.9 Å². The van der Waals surface area contributed by atoms with Gasteiger partial charge in [-0.05, 0) is 80.2 Å². The van der Waals surface area contributed by atoms with Gasteiger partial charge in [0.05, 0.1) is 35.3 Å². The number of halogens is 2. The number of hydrogen-bond acceptors (Lipinski definition) is 12. The molecule has 6 aromatic heterocycles. The van der Waals surface area contributed by atoms with E-state index in [2.05, 4.69) is 25.6 Å². The number of ether oxygens (including phenoxy) is 1. The summed E-state index contributed by atoms with van der Waals surface area (Å²) < 4.78 is 15.6. The van der Waals surface area contributed by atoms with Crippen LogP contribution < -0.4 is 10.1 Å². The number of rotatable bonds is 6. The molecule has 9 rings (SSSR count). The van der Waals surface area contributed by atoms with Gasteiger partial charge in [0.1, 0.15) is 26.4 Å². The molecule has 0 aliphatic heterocycles. The molecule has 0 saturated heterocycles. The second-order valence-corrected chi connectivity index (χ2v) is 14.5. The predicted octanol–water partition coefficient (Wildman–Crippen LogP) is 9.38. The Morgan fingerprint density at radius 2 is 1.35 bits per heavy atom. The predicted molar refractivity (Wildman–Crippen MR) is 189 cm³/mol. The number of fused-ring (bicyclic) bond motifs is 6. The molecular weight excluding hydrogens is 689 g/mol. The molecule has 0 unspecified atom stereocenters. The first-order valence-corrected chi connectivity index (χ1v) is 18.1. The van der Waals surface area contributed by atoms with Crippen LogP contribution in [0.15, 0.2) is 51.8 Å².